The molecule has 106 valence electrons. The summed E-state index contributed by atoms with van der Waals surface area (Å²) in [6.07, 6.45) is 3.54. The number of amides is 1. The Bertz CT molecular complexity index is 304. The summed E-state index contributed by atoms with van der Waals surface area (Å²) in [5.74, 6) is 1.42. The number of nitrogens with one attached hydrogen (secondary N) is 1. The van der Waals surface area contributed by atoms with Crippen molar-refractivity contribution in [2.24, 2.45) is 23.0 Å². The van der Waals surface area contributed by atoms with E-state index in [0.717, 1.165) is 12.3 Å². The first-order valence-corrected chi connectivity index (χ1v) is 7.21. The van der Waals surface area contributed by atoms with Crippen molar-refractivity contribution in [3.63, 3.8) is 0 Å². The number of carbonyl (C=O) groups is 1. The Balaban J connectivity index is 2.67. The summed E-state index contributed by atoms with van der Waals surface area (Å²) < 4.78 is 0. The van der Waals surface area contributed by atoms with Crippen molar-refractivity contribution in [2.75, 3.05) is 0 Å². The van der Waals surface area contributed by atoms with Crippen LogP contribution in [0, 0.1) is 17.3 Å². The van der Waals surface area contributed by atoms with Gasteiger partial charge in [0.2, 0.25) is 5.91 Å². The molecule has 3 nitrogen and oxygen atoms in total. The van der Waals surface area contributed by atoms with E-state index in [4.69, 9.17) is 5.73 Å². The average Bonchev–Trinajstić information content (AvgIpc) is 2.58. The monoisotopic (exact) mass is 254 g/mol. The third-order valence-electron chi connectivity index (χ3n) is 5.25. The van der Waals surface area contributed by atoms with Crippen molar-refractivity contribution in [3.8, 4) is 0 Å². The maximum atomic E-state index is 12.4. The van der Waals surface area contributed by atoms with Gasteiger partial charge < -0.3 is 11.1 Å². The minimum Gasteiger partial charge on any atom is -0.353 e. The fourth-order valence-electron chi connectivity index (χ4n) is 2.67. The Labute approximate surface area is 112 Å². The lowest BCUT2D eigenvalue weighted by molar-refractivity contribution is -0.133. The van der Waals surface area contributed by atoms with Crippen molar-refractivity contribution >= 4 is 5.91 Å². The minimum absolute atomic E-state index is 0.0867. The lowest BCUT2D eigenvalue weighted by Gasteiger charge is -2.38. The summed E-state index contributed by atoms with van der Waals surface area (Å²) in [5.41, 5.74) is 5.06. The summed E-state index contributed by atoms with van der Waals surface area (Å²) in [5, 5.41) is 3.22. The van der Waals surface area contributed by atoms with Gasteiger partial charge in [-0.25, -0.2) is 0 Å². The summed E-state index contributed by atoms with van der Waals surface area (Å²) in [7, 11) is 0. The molecule has 1 saturated carbocycles. The van der Waals surface area contributed by atoms with Gasteiger partial charge in [-0.1, -0.05) is 20.3 Å². The molecule has 0 aliphatic heterocycles. The molecule has 0 aromatic heterocycles. The van der Waals surface area contributed by atoms with Crippen LogP contribution in [0.3, 0.4) is 0 Å². The molecule has 3 N–H and O–H groups in total. The first-order chi connectivity index (χ1) is 8.11. The summed E-state index contributed by atoms with van der Waals surface area (Å²) in [6.45, 7) is 12.2. The standard InChI is InChI=1S/C15H30N2O/c1-7-11-8-9-12(10(11)2)17-13(18)14(3,4)15(5,6)16/h10-12H,7-9,16H2,1-6H3,(H,17,18). The highest BCUT2D eigenvalue weighted by molar-refractivity contribution is 5.83. The molecule has 1 rings (SSSR count). The zero-order valence-electron chi connectivity index (χ0n) is 12.8. The zero-order chi connectivity index (χ0) is 14.1. The number of hydrogen-bond donors (Lipinski definition) is 2. The Hall–Kier alpha value is -0.570. The molecule has 0 aromatic rings. The smallest absolute Gasteiger partial charge is 0.227 e. The van der Waals surface area contributed by atoms with Crippen LogP contribution in [0.4, 0.5) is 0 Å². The van der Waals surface area contributed by atoms with Gasteiger partial charge in [0.1, 0.15) is 0 Å². The molecule has 3 unspecified atom stereocenters. The van der Waals surface area contributed by atoms with Crippen molar-refractivity contribution < 1.29 is 4.79 Å². The molecule has 0 heterocycles. The quantitative estimate of drug-likeness (QED) is 0.810. The molecule has 1 aliphatic carbocycles. The molecule has 18 heavy (non-hydrogen) atoms. The number of carbonyl (C=O) groups excluding carboxylic acids is 1. The van der Waals surface area contributed by atoms with Crippen molar-refractivity contribution in [1.82, 2.24) is 5.32 Å². The van der Waals surface area contributed by atoms with Crippen LogP contribution < -0.4 is 11.1 Å². The van der Waals surface area contributed by atoms with Crippen molar-refractivity contribution in [3.05, 3.63) is 0 Å². The van der Waals surface area contributed by atoms with Crippen LogP contribution in [0.25, 0.3) is 0 Å². The van der Waals surface area contributed by atoms with Crippen LogP contribution in [-0.4, -0.2) is 17.5 Å². The fourth-order valence-corrected chi connectivity index (χ4v) is 2.67. The van der Waals surface area contributed by atoms with E-state index in [1.54, 1.807) is 0 Å². The first kappa shape index (κ1) is 15.5. The van der Waals surface area contributed by atoms with Crippen LogP contribution in [0.2, 0.25) is 0 Å². The summed E-state index contributed by atoms with van der Waals surface area (Å²) in [4.78, 5) is 12.4. The predicted molar refractivity (Wildman–Crippen MR) is 76.2 cm³/mol. The van der Waals surface area contributed by atoms with Gasteiger partial charge in [-0.3, -0.25) is 4.79 Å². The van der Waals surface area contributed by atoms with Crippen molar-refractivity contribution in [2.45, 2.75) is 72.4 Å². The van der Waals surface area contributed by atoms with Crippen LogP contribution in [0.15, 0.2) is 0 Å². The fraction of sp³-hybridized carbons (Fsp3) is 0.933. The molecule has 0 spiro atoms. The number of rotatable bonds is 4. The number of hydrogen-bond acceptors (Lipinski definition) is 2. The highest BCUT2D eigenvalue weighted by Gasteiger charge is 2.42. The minimum atomic E-state index is -0.545. The maximum absolute atomic E-state index is 12.4. The van der Waals surface area contributed by atoms with Gasteiger partial charge >= 0.3 is 0 Å². The van der Waals surface area contributed by atoms with E-state index < -0.39 is 11.0 Å². The highest BCUT2D eigenvalue weighted by Crippen LogP contribution is 2.35. The Morgan fingerprint density at radius 1 is 1.28 bits per heavy atom. The first-order valence-electron chi connectivity index (χ1n) is 7.21. The molecule has 1 fully saturated rings. The second-order valence-electron chi connectivity index (χ2n) is 7.03. The lowest BCUT2D eigenvalue weighted by atomic mass is 9.74. The molecule has 0 saturated heterocycles. The van der Waals surface area contributed by atoms with E-state index in [1.165, 1.54) is 12.8 Å². The zero-order valence-corrected chi connectivity index (χ0v) is 12.8. The third kappa shape index (κ3) is 2.87. The summed E-state index contributed by atoms with van der Waals surface area (Å²) >= 11 is 0. The lowest BCUT2D eigenvalue weighted by Crippen LogP contribution is -2.57. The van der Waals surface area contributed by atoms with Gasteiger partial charge in [-0.15, -0.1) is 0 Å². The molecule has 0 bridgehead atoms. The third-order valence-corrected chi connectivity index (χ3v) is 5.25. The Kier molecular flexibility index (Phi) is 4.47. The average molecular weight is 254 g/mol. The van der Waals surface area contributed by atoms with E-state index >= 15 is 0 Å². The van der Waals surface area contributed by atoms with E-state index in [2.05, 4.69) is 19.2 Å². The normalized spacial score (nSPS) is 29.4. The van der Waals surface area contributed by atoms with Crippen molar-refractivity contribution in [1.29, 1.82) is 0 Å². The van der Waals surface area contributed by atoms with Crippen LogP contribution in [-0.2, 0) is 4.79 Å². The number of nitrogens with two attached hydrogens (primary N) is 1. The second-order valence-corrected chi connectivity index (χ2v) is 7.03. The topological polar surface area (TPSA) is 55.1 Å². The van der Waals surface area contributed by atoms with Gasteiger partial charge in [0.15, 0.2) is 0 Å². The van der Waals surface area contributed by atoms with E-state index in [9.17, 15) is 4.79 Å². The second kappa shape index (κ2) is 5.20. The SMILES string of the molecule is CCC1CCC(NC(=O)C(C)(C)C(C)(C)N)C1C. The molecule has 3 atom stereocenters. The summed E-state index contributed by atoms with van der Waals surface area (Å²) in [6, 6.07) is 0.323. The molecule has 0 radical (unpaired) electrons. The van der Waals surface area contributed by atoms with Crippen LogP contribution in [0.1, 0.15) is 60.8 Å². The molecular formula is C15H30N2O. The predicted octanol–water partition coefficient (Wildman–Crippen LogP) is 2.69. The van der Waals surface area contributed by atoms with Gasteiger partial charge in [0, 0.05) is 11.6 Å². The van der Waals surface area contributed by atoms with Gasteiger partial charge in [0.05, 0.1) is 5.41 Å². The molecule has 0 aromatic carbocycles. The van der Waals surface area contributed by atoms with Gasteiger partial charge in [-0.2, -0.15) is 0 Å². The molecule has 1 amide bonds. The Morgan fingerprint density at radius 2 is 1.83 bits per heavy atom. The van der Waals surface area contributed by atoms with E-state index in [1.807, 2.05) is 27.7 Å². The molecule has 3 heteroatoms. The van der Waals surface area contributed by atoms with E-state index in [0.29, 0.717) is 12.0 Å². The Morgan fingerprint density at radius 3 is 2.22 bits per heavy atom. The van der Waals surface area contributed by atoms with Gasteiger partial charge in [-0.05, 0) is 52.4 Å². The maximum Gasteiger partial charge on any atom is 0.227 e. The van der Waals surface area contributed by atoms with Crippen LogP contribution in [0.5, 0.6) is 0 Å². The largest absolute Gasteiger partial charge is 0.353 e. The van der Waals surface area contributed by atoms with Gasteiger partial charge in [0.25, 0.3) is 0 Å². The molecular weight excluding hydrogens is 224 g/mol. The van der Waals surface area contributed by atoms with E-state index in [-0.39, 0.29) is 5.91 Å². The van der Waals surface area contributed by atoms with Crippen LogP contribution >= 0.6 is 0 Å². The molecule has 1 aliphatic rings. The highest BCUT2D eigenvalue weighted by atomic mass is 16.2.